The molecule has 0 spiro atoms. The molecule has 1 aliphatic carbocycles. The van der Waals surface area contributed by atoms with Crippen molar-refractivity contribution in [3.8, 4) is 0 Å². The lowest BCUT2D eigenvalue weighted by atomic mass is 9.74. The molecule has 0 aromatic rings. The third-order valence-electron chi connectivity index (χ3n) is 3.80. The summed E-state index contributed by atoms with van der Waals surface area (Å²) in [6, 6.07) is 0. The van der Waals surface area contributed by atoms with Gasteiger partial charge < -0.3 is 5.32 Å². The molecular formula is C16H31NO. The van der Waals surface area contributed by atoms with E-state index in [-0.39, 0.29) is 11.8 Å². The minimum Gasteiger partial charge on any atom is -0.356 e. The zero-order valence-corrected chi connectivity index (χ0v) is 12.9. The summed E-state index contributed by atoms with van der Waals surface area (Å²) in [5.74, 6) is 1.95. The third kappa shape index (κ3) is 5.88. The van der Waals surface area contributed by atoms with E-state index in [2.05, 4.69) is 39.9 Å². The van der Waals surface area contributed by atoms with Gasteiger partial charge in [-0.2, -0.15) is 0 Å². The number of amides is 1. The van der Waals surface area contributed by atoms with Gasteiger partial charge in [0.15, 0.2) is 0 Å². The molecule has 0 aliphatic heterocycles. The standard InChI is InChI=1S/C16H31NO/c1-12(2)11-17-15(18)14-8-6-13(7-9-14)10-16(3,4)5/h12-14H,6-11H2,1-5H3,(H,17,18). The number of rotatable bonds is 4. The second-order valence-electron chi connectivity index (χ2n) is 7.62. The van der Waals surface area contributed by atoms with Gasteiger partial charge in [-0.25, -0.2) is 0 Å². The van der Waals surface area contributed by atoms with Crippen molar-refractivity contribution in [3.63, 3.8) is 0 Å². The van der Waals surface area contributed by atoms with Gasteiger partial charge in [0.2, 0.25) is 5.91 Å². The summed E-state index contributed by atoms with van der Waals surface area (Å²) in [5, 5.41) is 3.08. The maximum absolute atomic E-state index is 12.0. The second-order valence-corrected chi connectivity index (χ2v) is 7.62. The van der Waals surface area contributed by atoms with Crippen molar-refractivity contribution < 1.29 is 4.79 Å². The van der Waals surface area contributed by atoms with E-state index in [1.165, 1.54) is 19.3 Å². The SMILES string of the molecule is CC(C)CNC(=O)C1CCC(CC(C)(C)C)CC1. The van der Waals surface area contributed by atoms with Gasteiger partial charge >= 0.3 is 0 Å². The Morgan fingerprint density at radius 2 is 1.72 bits per heavy atom. The molecule has 18 heavy (non-hydrogen) atoms. The first-order valence-corrected chi connectivity index (χ1v) is 7.55. The Morgan fingerprint density at radius 1 is 1.17 bits per heavy atom. The van der Waals surface area contributed by atoms with Crippen molar-refractivity contribution in [3.05, 3.63) is 0 Å². The van der Waals surface area contributed by atoms with Crippen LogP contribution in [0.25, 0.3) is 0 Å². The Labute approximate surface area is 113 Å². The molecule has 106 valence electrons. The van der Waals surface area contributed by atoms with Crippen molar-refractivity contribution in [2.45, 2.75) is 66.7 Å². The number of hydrogen-bond acceptors (Lipinski definition) is 1. The van der Waals surface area contributed by atoms with Crippen LogP contribution in [-0.4, -0.2) is 12.5 Å². The Hall–Kier alpha value is -0.530. The van der Waals surface area contributed by atoms with Crippen LogP contribution in [-0.2, 0) is 4.79 Å². The number of nitrogens with one attached hydrogen (secondary N) is 1. The van der Waals surface area contributed by atoms with Gasteiger partial charge in [0.05, 0.1) is 0 Å². The minimum atomic E-state index is 0.278. The van der Waals surface area contributed by atoms with E-state index in [1.807, 2.05) is 0 Å². The minimum absolute atomic E-state index is 0.278. The van der Waals surface area contributed by atoms with E-state index in [0.717, 1.165) is 25.3 Å². The van der Waals surface area contributed by atoms with Gasteiger partial charge in [-0.15, -0.1) is 0 Å². The lowest BCUT2D eigenvalue weighted by Crippen LogP contribution is -2.35. The van der Waals surface area contributed by atoms with E-state index in [4.69, 9.17) is 0 Å². The summed E-state index contributed by atoms with van der Waals surface area (Å²) >= 11 is 0. The average molecular weight is 253 g/mol. The van der Waals surface area contributed by atoms with Crippen LogP contribution in [0.5, 0.6) is 0 Å². The van der Waals surface area contributed by atoms with Crippen LogP contribution < -0.4 is 5.32 Å². The van der Waals surface area contributed by atoms with Crippen LogP contribution in [0.3, 0.4) is 0 Å². The fourth-order valence-corrected chi connectivity index (χ4v) is 2.94. The lowest BCUT2D eigenvalue weighted by Gasteiger charge is -2.32. The van der Waals surface area contributed by atoms with Crippen LogP contribution >= 0.6 is 0 Å². The third-order valence-corrected chi connectivity index (χ3v) is 3.80. The predicted molar refractivity (Wildman–Crippen MR) is 77.4 cm³/mol. The first kappa shape index (κ1) is 15.5. The highest BCUT2D eigenvalue weighted by atomic mass is 16.1. The molecule has 0 aromatic heterocycles. The molecule has 0 bridgehead atoms. The Bertz CT molecular complexity index is 257. The molecule has 2 heteroatoms. The highest BCUT2D eigenvalue weighted by Gasteiger charge is 2.28. The fourth-order valence-electron chi connectivity index (χ4n) is 2.94. The second kappa shape index (κ2) is 6.58. The van der Waals surface area contributed by atoms with Crippen molar-refractivity contribution in [2.24, 2.45) is 23.2 Å². The highest BCUT2D eigenvalue weighted by Crippen LogP contribution is 2.36. The molecule has 0 heterocycles. The number of carbonyl (C=O) groups excluding carboxylic acids is 1. The summed E-state index contributed by atoms with van der Waals surface area (Å²) < 4.78 is 0. The normalized spacial score (nSPS) is 25.2. The summed E-state index contributed by atoms with van der Waals surface area (Å²) in [6.07, 6.45) is 5.94. The Morgan fingerprint density at radius 3 is 2.17 bits per heavy atom. The van der Waals surface area contributed by atoms with E-state index in [1.54, 1.807) is 0 Å². The number of carbonyl (C=O) groups is 1. The largest absolute Gasteiger partial charge is 0.356 e. The van der Waals surface area contributed by atoms with Gasteiger partial charge in [0.25, 0.3) is 0 Å². The summed E-state index contributed by atoms with van der Waals surface area (Å²) in [7, 11) is 0. The van der Waals surface area contributed by atoms with E-state index in [0.29, 0.717) is 11.3 Å². The quantitative estimate of drug-likeness (QED) is 0.806. The van der Waals surface area contributed by atoms with Gasteiger partial charge in [0.1, 0.15) is 0 Å². The fraction of sp³-hybridized carbons (Fsp3) is 0.938. The lowest BCUT2D eigenvalue weighted by molar-refractivity contribution is -0.126. The molecule has 1 fully saturated rings. The van der Waals surface area contributed by atoms with Crippen molar-refractivity contribution in [1.29, 1.82) is 0 Å². The van der Waals surface area contributed by atoms with Crippen molar-refractivity contribution >= 4 is 5.91 Å². The van der Waals surface area contributed by atoms with Gasteiger partial charge in [0, 0.05) is 12.5 Å². The van der Waals surface area contributed by atoms with Gasteiger partial charge in [-0.3, -0.25) is 4.79 Å². The molecule has 1 aliphatic rings. The molecule has 0 aromatic carbocycles. The first-order valence-electron chi connectivity index (χ1n) is 7.55. The first-order chi connectivity index (χ1) is 8.28. The zero-order chi connectivity index (χ0) is 13.8. The van der Waals surface area contributed by atoms with E-state index in [9.17, 15) is 4.79 Å². The van der Waals surface area contributed by atoms with Crippen molar-refractivity contribution in [1.82, 2.24) is 5.32 Å². The summed E-state index contributed by atoms with van der Waals surface area (Å²) in [6.45, 7) is 12.0. The number of hydrogen-bond donors (Lipinski definition) is 1. The maximum atomic E-state index is 12.0. The summed E-state index contributed by atoms with van der Waals surface area (Å²) in [5.41, 5.74) is 0.428. The molecular weight excluding hydrogens is 222 g/mol. The van der Waals surface area contributed by atoms with E-state index >= 15 is 0 Å². The molecule has 1 N–H and O–H groups in total. The molecule has 0 saturated heterocycles. The van der Waals surface area contributed by atoms with Crippen LogP contribution in [0.15, 0.2) is 0 Å². The van der Waals surface area contributed by atoms with Crippen LogP contribution in [0, 0.1) is 23.2 Å². The van der Waals surface area contributed by atoms with Crippen LogP contribution in [0.2, 0.25) is 0 Å². The van der Waals surface area contributed by atoms with Gasteiger partial charge in [-0.05, 0) is 49.4 Å². The predicted octanol–water partition coefficient (Wildman–Crippen LogP) is 4.00. The van der Waals surface area contributed by atoms with E-state index < -0.39 is 0 Å². The Kier molecular flexibility index (Phi) is 5.68. The molecule has 0 atom stereocenters. The molecule has 1 saturated carbocycles. The molecule has 1 rings (SSSR count). The van der Waals surface area contributed by atoms with Crippen molar-refractivity contribution in [2.75, 3.05) is 6.54 Å². The summed E-state index contributed by atoms with van der Waals surface area (Å²) in [4.78, 5) is 12.0. The monoisotopic (exact) mass is 253 g/mol. The molecule has 0 radical (unpaired) electrons. The zero-order valence-electron chi connectivity index (χ0n) is 12.9. The molecule has 1 amide bonds. The molecule has 2 nitrogen and oxygen atoms in total. The topological polar surface area (TPSA) is 29.1 Å². The smallest absolute Gasteiger partial charge is 0.223 e. The Balaban J connectivity index is 2.28. The average Bonchev–Trinajstić information content (AvgIpc) is 2.24. The molecule has 0 unspecified atom stereocenters. The van der Waals surface area contributed by atoms with Crippen LogP contribution in [0.4, 0.5) is 0 Å². The van der Waals surface area contributed by atoms with Gasteiger partial charge in [-0.1, -0.05) is 34.6 Å². The van der Waals surface area contributed by atoms with Crippen LogP contribution in [0.1, 0.15) is 66.7 Å². The highest BCUT2D eigenvalue weighted by molar-refractivity contribution is 5.78. The maximum Gasteiger partial charge on any atom is 0.223 e.